The first-order chi connectivity index (χ1) is 5.31. The first-order valence-corrected chi connectivity index (χ1v) is 4.15. The van der Waals surface area contributed by atoms with Gasteiger partial charge in [0.2, 0.25) is 0 Å². The van der Waals surface area contributed by atoms with Crippen LogP contribution in [0.25, 0.3) is 0 Å². The molecule has 0 saturated heterocycles. The summed E-state index contributed by atoms with van der Waals surface area (Å²) in [6.07, 6.45) is 0.211. The van der Waals surface area contributed by atoms with Gasteiger partial charge in [-0.1, -0.05) is 0 Å². The maximum atomic E-state index is 5.40. The highest BCUT2D eigenvalue weighted by molar-refractivity contribution is 4.47. The molecule has 1 N–H and O–H groups in total. The average Bonchev–Trinajstić information content (AvgIpc) is 2.01. The molecule has 0 aromatic heterocycles. The third-order valence-corrected chi connectivity index (χ3v) is 1.31. The van der Waals surface area contributed by atoms with Gasteiger partial charge >= 0.3 is 0 Å². The maximum Gasteiger partial charge on any atom is 0.0781 e. The fourth-order valence-corrected chi connectivity index (χ4v) is 0.694. The molecule has 0 saturated carbocycles. The van der Waals surface area contributed by atoms with Crippen LogP contribution in [0.4, 0.5) is 0 Å². The average molecular weight is 161 g/mol. The van der Waals surface area contributed by atoms with Gasteiger partial charge in [-0.2, -0.15) is 0 Å². The Balaban J connectivity index is 3.02. The molecule has 3 nitrogen and oxygen atoms in total. The van der Waals surface area contributed by atoms with Crippen LogP contribution in [0.3, 0.4) is 0 Å². The van der Waals surface area contributed by atoms with Crippen LogP contribution >= 0.6 is 0 Å². The summed E-state index contributed by atoms with van der Waals surface area (Å²) in [4.78, 5) is 0. The van der Waals surface area contributed by atoms with Gasteiger partial charge in [-0.05, 0) is 20.9 Å². The summed E-state index contributed by atoms with van der Waals surface area (Å²) in [6.45, 7) is 7.12. The van der Waals surface area contributed by atoms with Crippen LogP contribution in [0, 0.1) is 0 Å². The summed E-state index contributed by atoms with van der Waals surface area (Å²) in [7, 11) is 1.91. The lowest BCUT2D eigenvalue weighted by atomic mass is 10.4. The van der Waals surface area contributed by atoms with Crippen molar-refractivity contribution in [1.82, 2.24) is 5.32 Å². The van der Waals surface area contributed by atoms with E-state index < -0.39 is 0 Å². The largest absolute Gasteiger partial charge is 0.379 e. The van der Waals surface area contributed by atoms with E-state index in [9.17, 15) is 0 Å². The highest BCUT2D eigenvalue weighted by Gasteiger charge is 1.99. The van der Waals surface area contributed by atoms with E-state index in [4.69, 9.17) is 9.47 Å². The van der Waals surface area contributed by atoms with E-state index in [1.165, 1.54) is 0 Å². The molecule has 0 amide bonds. The van der Waals surface area contributed by atoms with Crippen LogP contribution < -0.4 is 5.32 Å². The van der Waals surface area contributed by atoms with Crippen molar-refractivity contribution in [2.24, 2.45) is 0 Å². The number of hydrogen-bond donors (Lipinski definition) is 1. The Kier molecular flexibility index (Phi) is 7.89. The van der Waals surface area contributed by atoms with E-state index in [-0.39, 0.29) is 6.10 Å². The molecule has 0 aliphatic carbocycles. The number of nitrogens with one attached hydrogen (secondary N) is 1. The number of hydrogen-bond acceptors (Lipinski definition) is 3. The minimum atomic E-state index is 0.211. The van der Waals surface area contributed by atoms with E-state index in [0.717, 1.165) is 19.8 Å². The van der Waals surface area contributed by atoms with E-state index in [1.54, 1.807) is 0 Å². The predicted octanol–water partition coefficient (Wildman–Crippen LogP) is 0.647. The molecule has 1 atom stereocenters. The van der Waals surface area contributed by atoms with E-state index in [0.29, 0.717) is 6.61 Å². The molecule has 68 valence electrons. The van der Waals surface area contributed by atoms with E-state index in [2.05, 4.69) is 5.32 Å². The lowest BCUT2D eigenvalue weighted by Crippen LogP contribution is -2.21. The molecule has 11 heavy (non-hydrogen) atoms. The highest BCUT2D eigenvalue weighted by atomic mass is 16.5. The Morgan fingerprint density at radius 2 is 2.18 bits per heavy atom. The van der Waals surface area contributed by atoms with Gasteiger partial charge in [-0.25, -0.2) is 0 Å². The summed E-state index contributed by atoms with van der Waals surface area (Å²) in [5.41, 5.74) is 0. The van der Waals surface area contributed by atoms with Crippen molar-refractivity contribution in [3.63, 3.8) is 0 Å². The summed E-state index contributed by atoms with van der Waals surface area (Å²) < 4.78 is 10.6. The minimum absolute atomic E-state index is 0.211. The van der Waals surface area contributed by atoms with Crippen LogP contribution in [0.15, 0.2) is 0 Å². The van der Waals surface area contributed by atoms with Gasteiger partial charge < -0.3 is 14.8 Å². The molecule has 0 spiro atoms. The minimum Gasteiger partial charge on any atom is -0.379 e. The molecular formula is C8H19NO2. The first kappa shape index (κ1) is 10.9. The third kappa shape index (κ3) is 7.78. The number of rotatable bonds is 7. The van der Waals surface area contributed by atoms with Crippen LogP contribution in [-0.2, 0) is 9.47 Å². The lowest BCUT2D eigenvalue weighted by Gasteiger charge is -2.11. The van der Waals surface area contributed by atoms with Crippen LogP contribution in [0.1, 0.15) is 13.8 Å². The second-order valence-corrected chi connectivity index (χ2v) is 2.44. The van der Waals surface area contributed by atoms with Crippen molar-refractivity contribution >= 4 is 0 Å². The molecular weight excluding hydrogens is 142 g/mol. The van der Waals surface area contributed by atoms with Gasteiger partial charge in [0, 0.05) is 13.2 Å². The first-order valence-electron chi connectivity index (χ1n) is 4.15. The highest BCUT2D eigenvalue weighted by Crippen LogP contribution is 1.90. The monoisotopic (exact) mass is 161 g/mol. The Morgan fingerprint density at radius 3 is 2.73 bits per heavy atom. The summed E-state index contributed by atoms with van der Waals surface area (Å²) in [5, 5.41) is 3.01. The molecule has 0 aromatic rings. The SMILES string of the molecule is CCOCC(C)OCCNC. The molecule has 0 rings (SSSR count). The molecule has 0 fully saturated rings. The van der Waals surface area contributed by atoms with Crippen LogP contribution in [0.5, 0.6) is 0 Å². The van der Waals surface area contributed by atoms with Gasteiger partial charge in [0.1, 0.15) is 0 Å². The number of likely N-dealkylation sites (N-methyl/N-ethyl adjacent to an activating group) is 1. The molecule has 0 aliphatic heterocycles. The van der Waals surface area contributed by atoms with Gasteiger partial charge in [-0.3, -0.25) is 0 Å². The van der Waals surface area contributed by atoms with Crippen molar-refractivity contribution < 1.29 is 9.47 Å². The predicted molar refractivity (Wildman–Crippen MR) is 45.8 cm³/mol. The summed E-state index contributed by atoms with van der Waals surface area (Å²) in [6, 6.07) is 0. The fourth-order valence-electron chi connectivity index (χ4n) is 0.694. The van der Waals surface area contributed by atoms with Crippen molar-refractivity contribution in [2.45, 2.75) is 20.0 Å². The zero-order valence-electron chi connectivity index (χ0n) is 7.72. The second kappa shape index (κ2) is 7.98. The Bertz CT molecular complexity index is 78.5. The van der Waals surface area contributed by atoms with Crippen LogP contribution in [0.2, 0.25) is 0 Å². The molecule has 3 heteroatoms. The van der Waals surface area contributed by atoms with Gasteiger partial charge in [0.15, 0.2) is 0 Å². The molecule has 0 aliphatic rings. The van der Waals surface area contributed by atoms with Gasteiger partial charge in [0.05, 0.1) is 19.3 Å². The molecule has 1 unspecified atom stereocenters. The third-order valence-electron chi connectivity index (χ3n) is 1.31. The van der Waals surface area contributed by atoms with Crippen molar-refractivity contribution in [3.05, 3.63) is 0 Å². The van der Waals surface area contributed by atoms with E-state index >= 15 is 0 Å². The molecule has 0 bridgehead atoms. The van der Waals surface area contributed by atoms with E-state index in [1.807, 2.05) is 20.9 Å². The molecule has 0 aromatic carbocycles. The van der Waals surface area contributed by atoms with Gasteiger partial charge in [0.25, 0.3) is 0 Å². The Morgan fingerprint density at radius 1 is 1.45 bits per heavy atom. The normalized spacial score (nSPS) is 13.4. The second-order valence-electron chi connectivity index (χ2n) is 2.44. The zero-order chi connectivity index (χ0) is 8.53. The Hall–Kier alpha value is -0.120. The smallest absolute Gasteiger partial charge is 0.0781 e. The van der Waals surface area contributed by atoms with Crippen molar-refractivity contribution in [3.8, 4) is 0 Å². The molecule has 0 radical (unpaired) electrons. The van der Waals surface area contributed by atoms with Crippen molar-refractivity contribution in [2.75, 3.05) is 33.4 Å². The zero-order valence-corrected chi connectivity index (χ0v) is 7.72. The molecule has 0 heterocycles. The maximum absolute atomic E-state index is 5.40. The number of ether oxygens (including phenoxy) is 2. The standard InChI is InChI=1S/C8H19NO2/c1-4-10-7-8(2)11-6-5-9-3/h8-9H,4-7H2,1-3H3. The quantitative estimate of drug-likeness (QED) is 0.556. The fraction of sp³-hybridized carbons (Fsp3) is 1.00. The topological polar surface area (TPSA) is 30.5 Å². The van der Waals surface area contributed by atoms with Gasteiger partial charge in [-0.15, -0.1) is 0 Å². The lowest BCUT2D eigenvalue weighted by molar-refractivity contribution is -0.00149. The van der Waals surface area contributed by atoms with Crippen molar-refractivity contribution in [1.29, 1.82) is 0 Å². The van der Waals surface area contributed by atoms with Crippen LogP contribution in [-0.4, -0.2) is 39.5 Å². The summed E-state index contributed by atoms with van der Waals surface area (Å²) in [5.74, 6) is 0. The Labute approximate surface area is 69.1 Å². The summed E-state index contributed by atoms with van der Waals surface area (Å²) >= 11 is 0.